The summed E-state index contributed by atoms with van der Waals surface area (Å²) in [7, 11) is 1.71. The van der Waals surface area contributed by atoms with E-state index >= 15 is 0 Å². The molecule has 0 aliphatic rings. The highest BCUT2D eigenvalue weighted by molar-refractivity contribution is 5.94. The smallest absolute Gasteiger partial charge is 0.264 e. The van der Waals surface area contributed by atoms with Crippen molar-refractivity contribution >= 4 is 16.8 Å². The molecule has 1 aromatic carbocycles. The van der Waals surface area contributed by atoms with E-state index in [9.17, 15) is 14.7 Å². The van der Waals surface area contributed by atoms with Gasteiger partial charge in [0.2, 0.25) is 0 Å². The maximum absolute atomic E-state index is 12.4. The van der Waals surface area contributed by atoms with Gasteiger partial charge in [-0.15, -0.1) is 0 Å². The zero-order chi connectivity index (χ0) is 18.0. The van der Waals surface area contributed by atoms with Gasteiger partial charge in [0.15, 0.2) is 11.4 Å². The standard InChI is InChI=1S/C17H18N4O4/c1-11(22)12-4-3-5-14(6-12)25-9-13(23)8-21-10-18-16-15(17(21)24)7-19-20(16)2/h3-7,10,13,23H,8-9H2,1-2H3. The lowest BCUT2D eigenvalue weighted by Gasteiger charge is -2.14. The molecule has 1 unspecified atom stereocenters. The van der Waals surface area contributed by atoms with E-state index in [4.69, 9.17) is 4.74 Å². The van der Waals surface area contributed by atoms with Gasteiger partial charge in [-0.25, -0.2) is 4.98 Å². The third kappa shape index (κ3) is 3.58. The molecular weight excluding hydrogens is 324 g/mol. The maximum Gasteiger partial charge on any atom is 0.264 e. The van der Waals surface area contributed by atoms with Gasteiger partial charge in [0, 0.05) is 12.6 Å². The number of benzene rings is 1. The summed E-state index contributed by atoms with van der Waals surface area (Å²) in [6.07, 6.45) is 1.93. The van der Waals surface area contributed by atoms with Crippen LogP contribution in [-0.2, 0) is 13.6 Å². The number of aryl methyl sites for hydroxylation is 1. The van der Waals surface area contributed by atoms with E-state index in [1.165, 1.54) is 28.7 Å². The van der Waals surface area contributed by atoms with Crippen molar-refractivity contribution in [3.05, 3.63) is 52.7 Å². The SMILES string of the molecule is CC(=O)c1cccc(OCC(O)Cn2cnc3c(cnn3C)c2=O)c1. The van der Waals surface area contributed by atoms with Crippen molar-refractivity contribution < 1.29 is 14.6 Å². The van der Waals surface area contributed by atoms with Gasteiger partial charge in [0.1, 0.15) is 30.2 Å². The highest BCUT2D eigenvalue weighted by atomic mass is 16.5. The fraction of sp³-hybridized carbons (Fsp3) is 0.294. The molecule has 0 aliphatic heterocycles. The Morgan fingerprint density at radius 1 is 1.40 bits per heavy atom. The van der Waals surface area contributed by atoms with Crippen LogP contribution in [0.5, 0.6) is 5.75 Å². The van der Waals surface area contributed by atoms with Crippen molar-refractivity contribution in [1.82, 2.24) is 19.3 Å². The lowest BCUT2D eigenvalue weighted by Crippen LogP contribution is -2.30. The number of fused-ring (bicyclic) bond motifs is 1. The fourth-order valence-electron chi connectivity index (χ4n) is 2.47. The van der Waals surface area contributed by atoms with Gasteiger partial charge < -0.3 is 9.84 Å². The summed E-state index contributed by atoms with van der Waals surface area (Å²) < 4.78 is 8.35. The molecule has 0 aliphatic carbocycles. The lowest BCUT2D eigenvalue weighted by molar-refractivity contribution is 0.0913. The predicted octanol–water partition coefficient (Wildman–Crippen LogP) is 0.772. The molecule has 2 heterocycles. The molecule has 3 rings (SSSR count). The second kappa shape index (κ2) is 6.86. The minimum atomic E-state index is -0.908. The van der Waals surface area contributed by atoms with E-state index in [1.54, 1.807) is 31.3 Å². The van der Waals surface area contributed by atoms with Crippen LogP contribution in [0.4, 0.5) is 0 Å². The van der Waals surface area contributed by atoms with E-state index in [0.717, 1.165) is 0 Å². The lowest BCUT2D eigenvalue weighted by atomic mass is 10.1. The van der Waals surface area contributed by atoms with Crippen molar-refractivity contribution in [2.75, 3.05) is 6.61 Å². The number of aromatic nitrogens is 4. The highest BCUT2D eigenvalue weighted by Gasteiger charge is 2.12. The number of ether oxygens (including phenoxy) is 1. The Hall–Kier alpha value is -3.00. The molecule has 2 aromatic heterocycles. The van der Waals surface area contributed by atoms with Crippen LogP contribution >= 0.6 is 0 Å². The molecule has 0 saturated heterocycles. The monoisotopic (exact) mass is 342 g/mol. The van der Waals surface area contributed by atoms with E-state index in [1.807, 2.05) is 0 Å². The molecule has 1 atom stereocenters. The largest absolute Gasteiger partial charge is 0.491 e. The highest BCUT2D eigenvalue weighted by Crippen LogP contribution is 2.14. The first-order valence-corrected chi connectivity index (χ1v) is 7.74. The molecule has 8 nitrogen and oxygen atoms in total. The zero-order valence-corrected chi connectivity index (χ0v) is 13.9. The van der Waals surface area contributed by atoms with Gasteiger partial charge in [-0.3, -0.25) is 18.8 Å². The third-order valence-electron chi connectivity index (χ3n) is 3.81. The van der Waals surface area contributed by atoms with E-state index in [-0.39, 0.29) is 24.5 Å². The molecule has 0 bridgehead atoms. The Morgan fingerprint density at radius 2 is 2.20 bits per heavy atom. The number of Topliss-reactive ketones (excluding diaryl/α,β-unsaturated/α-hetero) is 1. The van der Waals surface area contributed by atoms with Crippen LogP contribution in [-0.4, -0.2) is 42.9 Å². The molecule has 1 N–H and O–H groups in total. The van der Waals surface area contributed by atoms with E-state index in [2.05, 4.69) is 10.1 Å². The van der Waals surface area contributed by atoms with Crippen LogP contribution < -0.4 is 10.3 Å². The summed E-state index contributed by atoms with van der Waals surface area (Å²) in [4.78, 5) is 27.9. The number of rotatable bonds is 6. The maximum atomic E-state index is 12.4. The number of carbonyl (C=O) groups is 1. The summed E-state index contributed by atoms with van der Waals surface area (Å²) in [5, 5.41) is 14.5. The molecule has 0 saturated carbocycles. The average Bonchev–Trinajstić information content (AvgIpc) is 2.97. The van der Waals surface area contributed by atoms with Crippen LogP contribution in [0, 0.1) is 0 Å². The van der Waals surface area contributed by atoms with E-state index < -0.39 is 6.10 Å². The quantitative estimate of drug-likeness (QED) is 0.665. The van der Waals surface area contributed by atoms with Crippen molar-refractivity contribution in [3.63, 3.8) is 0 Å². The Labute approximate surface area is 143 Å². The molecule has 8 heteroatoms. The number of hydrogen-bond acceptors (Lipinski definition) is 6. The molecule has 0 fully saturated rings. The third-order valence-corrected chi connectivity index (χ3v) is 3.81. The fourth-order valence-corrected chi connectivity index (χ4v) is 2.47. The van der Waals surface area contributed by atoms with Gasteiger partial charge in [0.05, 0.1) is 12.7 Å². The molecule has 0 spiro atoms. The summed E-state index contributed by atoms with van der Waals surface area (Å²) in [6.45, 7) is 1.50. The predicted molar refractivity (Wildman–Crippen MR) is 90.7 cm³/mol. The van der Waals surface area contributed by atoms with Crippen molar-refractivity contribution in [3.8, 4) is 5.75 Å². The summed E-state index contributed by atoms with van der Waals surface area (Å²) in [5.74, 6) is 0.424. The van der Waals surface area contributed by atoms with Crippen LogP contribution in [0.3, 0.4) is 0 Å². The number of ketones is 1. The van der Waals surface area contributed by atoms with Crippen LogP contribution in [0.15, 0.2) is 41.6 Å². The summed E-state index contributed by atoms with van der Waals surface area (Å²) in [6, 6.07) is 6.72. The summed E-state index contributed by atoms with van der Waals surface area (Å²) in [5.41, 5.74) is 0.762. The number of aliphatic hydroxyl groups excluding tert-OH is 1. The Bertz CT molecular complexity index is 976. The first-order chi connectivity index (χ1) is 12.0. The molecular formula is C17H18N4O4. The van der Waals surface area contributed by atoms with Crippen LogP contribution in [0.1, 0.15) is 17.3 Å². The average molecular weight is 342 g/mol. The minimum absolute atomic E-state index is 0.0150. The molecule has 0 radical (unpaired) electrons. The van der Waals surface area contributed by atoms with Gasteiger partial charge in [0.25, 0.3) is 5.56 Å². The van der Waals surface area contributed by atoms with Gasteiger partial charge in [-0.2, -0.15) is 5.10 Å². The van der Waals surface area contributed by atoms with Crippen molar-refractivity contribution in [1.29, 1.82) is 0 Å². The number of carbonyl (C=O) groups excluding carboxylic acids is 1. The molecule has 25 heavy (non-hydrogen) atoms. The van der Waals surface area contributed by atoms with Crippen molar-refractivity contribution in [2.45, 2.75) is 19.6 Å². The first-order valence-electron chi connectivity index (χ1n) is 7.74. The van der Waals surface area contributed by atoms with Gasteiger partial charge in [-0.1, -0.05) is 12.1 Å². The first kappa shape index (κ1) is 16.8. The van der Waals surface area contributed by atoms with E-state index in [0.29, 0.717) is 22.3 Å². The minimum Gasteiger partial charge on any atom is -0.491 e. The van der Waals surface area contributed by atoms with Gasteiger partial charge >= 0.3 is 0 Å². The van der Waals surface area contributed by atoms with Gasteiger partial charge in [-0.05, 0) is 19.1 Å². The van der Waals surface area contributed by atoms with Crippen LogP contribution in [0.25, 0.3) is 11.0 Å². The topological polar surface area (TPSA) is 99.2 Å². The molecule has 3 aromatic rings. The van der Waals surface area contributed by atoms with Crippen molar-refractivity contribution in [2.24, 2.45) is 7.05 Å². The number of nitrogens with zero attached hydrogens (tertiary/aromatic N) is 4. The Balaban J connectivity index is 1.68. The second-order valence-corrected chi connectivity index (χ2v) is 5.76. The zero-order valence-electron chi connectivity index (χ0n) is 13.9. The number of hydrogen-bond donors (Lipinski definition) is 1. The Kier molecular flexibility index (Phi) is 4.62. The molecule has 130 valence electrons. The number of aliphatic hydroxyl groups is 1. The van der Waals surface area contributed by atoms with Crippen LogP contribution in [0.2, 0.25) is 0 Å². The normalized spacial score (nSPS) is 12.3. The second-order valence-electron chi connectivity index (χ2n) is 5.76. The summed E-state index contributed by atoms with van der Waals surface area (Å²) >= 11 is 0. The molecule has 0 amide bonds. The Morgan fingerprint density at radius 3 is 2.96 bits per heavy atom.